The minimum atomic E-state index is -4.32. The van der Waals surface area contributed by atoms with E-state index in [4.69, 9.17) is 0 Å². The van der Waals surface area contributed by atoms with Crippen molar-refractivity contribution in [2.75, 3.05) is 6.54 Å². The summed E-state index contributed by atoms with van der Waals surface area (Å²) in [7, 11) is -3.44. The highest BCUT2D eigenvalue weighted by Crippen LogP contribution is 2.32. The molecule has 0 aromatic heterocycles. The smallest absolute Gasteiger partial charge is 0.207 e. The molecule has 2 aromatic carbocycles. The third-order valence-corrected chi connectivity index (χ3v) is 6.51. The average Bonchev–Trinajstić information content (AvgIpc) is 3.35. The van der Waals surface area contributed by atoms with Crippen molar-refractivity contribution in [3.8, 4) is 0 Å². The molecule has 1 fully saturated rings. The number of rotatable bonds is 6. The molecule has 2 atom stereocenters. The second-order valence-corrected chi connectivity index (χ2v) is 8.52. The molecule has 2 aromatic rings. The number of hydrogen-bond acceptors (Lipinski definition) is 2. The van der Waals surface area contributed by atoms with Gasteiger partial charge in [-0.2, -0.15) is 17.5 Å². The zero-order valence-electron chi connectivity index (χ0n) is 14.3. The van der Waals surface area contributed by atoms with Gasteiger partial charge in [0, 0.05) is 12.6 Å². The Bertz CT molecular complexity index is 859. The van der Waals surface area contributed by atoms with Crippen LogP contribution in [0.1, 0.15) is 29.5 Å². The molecule has 0 bridgehead atoms. The average molecular weight is 383 g/mol. The number of aryl methyl sites for hydroxylation is 2. The number of hydrogen-bond donors (Lipinski definition) is 0. The maximum atomic E-state index is 12.5. The largest absolute Gasteiger partial charge is 0.416 e. The summed E-state index contributed by atoms with van der Waals surface area (Å²) < 4.78 is 64.1. The summed E-state index contributed by atoms with van der Waals surface area (Å²) in [4.78, 5) is 0.299. The monoisotopic (exact) mass is 383 g/mol. The molecule has 7 heteroatoms. The Morgan fingerprint density at radius 3 is 2.23 bits per heavy atom. The molecule has 3 rings (SSSR count). The van der Waals surface area contributed by atoms with Gasteiger partial charge in [0.1, 0.15) is 0 Å². The maximum absolute atomic E-state index is 12.5. The van der Waals surface area contributed by atoms with Gasteiger partial charge in [0.15, 0.2) is 0 Å². The highest BCUT2D eigenvalue weighted by atomic mass is 32.2. The zero-order chi connectivity index (χ0) is 18.9. The van der Waals surface area contributed by atoms with E-state index in [9.17, 15) is 21.6 Å². The summed E-state index contributed by atoms with van der Waals surface area (Å²) in [6.45, 7) is 2.40. The SMILES string of the molecule is Cc1ccc(S(=O)(=O)N2CC2CCCc2ccc(C(F)(F)F)cc2)cc1. The van der Waals surface area contributed by atoms with Crippen molar-refractivity contribution in [3.63, 3.8) is 0 Å². The Morgan fingerprint density at radius 2 is 1.65 bits per heavy atom. The minimum absolute atomic E-state index is 0.0178. The molecular formula is C19H20F3NO2S. The summed E-state index contributed by atoms with van der Waals surface area (Å²) in [5, 5.41) is 0. The summed E-state index contributed by atoms with van der Waals surface area (Å²) >= 11 is 0. The Kier molecular flexibility index (Phi) is 5.12. The van der Waals surface area contributed by atoms with Crippen molar-refractivity contribution in [2.24, 2.45) is 0 Å². The van der Waals surface area contributed by atoms with E-state index in [0.29, 0.717) is 24.3 Å². The van der Waals surface area contributed by atoms with Gasteiger partial charge in [0.05, 0.1) is 10.5 Å². The lowest BCUT2D eigenvalue weighted by atomic mass is 10.1. The van der Waals surface area contributed by atoms with Crippen LogP contribution in [0.15, 0.2) is 53.4 Å². The number of benzene rings is 2. The first-order valence-corrected chi connectivity index (χ1v) is 9.86. The quantitative estimate of drug-likeness (QED) is 0.693. The normalized spacial score (nSPS) is 20.2. The highest BCUT2D eigenvalue weighted by molar-refractivity contribution is 7.89. The third kappa shape index (κ3) is 4.27. The van der Waals surface area contributed by atoms with Gasteiger partial charge in [-0.05, 0) is 56.0 Å². The first kappa shape index (κ1) is 18.9. The molecule has 0 amide bonds. The molecule has 1 aliphatic heterocycles. The van der Waals surface area contributed by atoms with Gasteiger partial charge in [0.2, 0.25) is 10.0 Å². The van der Waals surface area contributed by atoms with E-state index in [2.05, 4.69) is 0 Å². The topological polar surface area (TPSA) is 37.1 Å². The predicted octanol–water partition coefficient (Wildman–Crippen LogP) is 4.41. The van der Waals surface area contributed by atoms with Crippen LogP contribution < -0.4 is 0 Å². The van der Waals surface area contributed by atoms with Crippen LogP contribution in [0.4, 0.5) is 13.2 Å². The number of halogens is 3. The molecule has 1 heterocycles. The molecule has 140 valence electrons. The Hall–Kier alpha value is -1.86. The number of sulfonamides is 1. The summed E-state index contributed by atoms with van der Waals surface area (Å²) in [6.07, 6.45) is -2.26. The van der Waals surface area contributed by atoms with Crippen LogP contribution in [0.25, 0.3) is 0 Å². The van der Waals surface area contributed by atoms with E-state index in [1.54, 1.807) is 24.3 Å². The van der Waals surface area contributed by atoms with Crippen LogP contribution in [0, 0.1) is 6.92 Å². The van der Waals surface area contributed by atoms with Crippen LogP contribution in [0.5, 0.6) is 0 Å². The van der Waals surface area contributed by atoms with Crippen molar-refractivity contribution in [2.45, 2.75) is 43.3 Å². The fourth-order valence-corrected chi connectivity index (χ4v) is 4.56. The van der Waals surface area contributed by atoms with Gasteiger partial charge >= 0.3 is 6.18 Å². The fourth-order valence-electron chi connectivity index (χ4n) is 2.94. The highest BCUT2D eigenvalue weighted by Gasteiger charge is 2.43. The van der Waals surface area contributed by atoms with E-state index in [-0.39, 0.29) is 6.04 Å². The lowest BCUT2D eigenvalue weighted by molar-refractivity contribution is -0.137. The van der Waals surface area contributed by atoms with E-state index in [0.717, 1.165) is 29.7 Å². The molecule has 0 spiro atoms. The number of alkyl halides is 3. The number of nitrogens with zero attached hydrogens (tertiary/aromatic N) is 1. The lowest BCUT2D eigenvalue weighted by Crippen LogP contribution is -2.14. The molecule has 0 saturated carbocycles. The summed E-state index contributed by atoms with van der Waals surface area (Å²) in [5.41, 5.74) is 1.17. The van der Waals surface area contributed by atoms with Gasteiger partial charge in [-0.15, -0.1) is 0 Å². The molecule has 0 aliphatic carbocycles. The van der Waals surface area contributed by atoms with Crippen LogP contribution in [0.2, 0.25) is 0 Å². The molecule has 1 aliphatic rings. The van der Waals surface area contributed by atoms with Crippen molar-refractivity contribution in [1.29, 1.82) is 0 Å². The minimum Gasteiger partial charge on any atom is -0.207 e. The van der Waals surface area contributed by atoms with Crippen molar-refractivity contribution in [1.82, 2.24) is 4.31 Å². The summed E-state index contributed by atoms with van der Waals surface area (Å²) in [5.74, 6) is 0. The van der Waals surface area contributed by atoms with Crippen LogP contribution in [-0.2, 0) is 22.6 Å². The van der Waals surface area contributed by atoms with Crippen LogP contribution in [-0.4, -0.2) is 25.3 Å². The Balaban J connectivity index is 1.51. The van der Waals surface area contributed by atoms with Crippen molar-refractivity contribution in [3.05, 3.63) is 65.2 Å². The fraction of sp³-hybridized carbons (Fsp3) is 0.368. The Morgan fingerprint density at radius 1 is 1.04 bits per heavy atom. The third-order valence-electron chi connectivity index (χ3n) is 4.58. The second kappa shape index (κ2) is 7.04. The molecule has 0 radical (unpaired) electrons. The van der Waals surface area contributed by atoms with Gasteiger partial charge in [0.25, 0.3) is 0 Å². The molecule has 0 N–H and O–H groups in total. The predicted molar refractivity (Wildman–Crippen MR) is 93.2 cm³/mol. The van der Waals surface area contributed by atoms with E-state index in [1.807, 2.05) is 6.92 Å². The standard InChI is InChI=1S/C19H20F3NO2S/c1-14-5-11-18(12-6-14)26(24,25)23-13-17(23)4-2-3-15-7-9-16(10-8-15)19(20,21)22/h5-12,17H,2-4,13H2,1H3. The second-order valence-electron chi connectivity index (χ2n) is 6.63. The molecule has 26 heavy (non-hydrogen) atoms. The van der Waals surface area contributed by atoms with E-state index in [1.165, 1.54) is 16.4 Å². The van der Waals surface area contributed by atoms with E-state index >= 15 is 0 Å². The first-order valence-electron chi connectivity index (χ1n) is 8.42. The van der Waals surface area contributed by atoms with Crippen LogP contribution >= 0.6 is 0 Å². The molecule has 1 saturated heterocycles. The first-order chi connectivity index (χ1) is 12.2. The Labute approximate surface area is 151 Å². The van der Waals surface area contributed by atoms with E-state index < -0.39 is 21.8 Å². The maximum Gasteiger partial charge on any atom is 0.416 e. The lowest BCUT2D eigenvalue weighted by Gasteiger charge is -2.08. The van der Waals surface area contributed by atoms with Gasteiger partial charge in [-0.3, -0.25) is 0 Å². The summed E-state index contributed by atoms with van der Waals surface area (Å²) in [6, 6.07) is 11.9. The van der Waals surface area contributed by atoms with Gasteiger partial charge in [-0.1, -0.05) is 29.8 Å². The zero-order valence-corrected chi connectivity index (χ0v) is 15.1. The van der Waals surface area contributed by atoms with Gasteiger partial charge in [-0.25, -0.2) is 8.42 Å². The van der Waals surface area contributed by atoms with Crippen molar-refractivity contribution < 1.29 is 21.6 Å². The molecule has 3 nitrogen and oxygen atoms in total. The van der Waals surface area contributed by atoms with Crippen molar-refractivity contribution >= 4 is 10.0 Å². The van der Waals surface area contributed by atoms with Gasteiger partial charge < -0.3 is 0 Å². The molecule has 2 unspecified atom stereocenters. The van der Waals surface area contributed by atoms with Crippen LogP contribution in [0.3, 0.4) is 0 Å². The molecular weight excluding hydrogens is 363 g/mol.